The molecule has 0 saturated heterocycles. The van der Waals surface area contributed by atoms with E-state index in [0.29, 0.717) is 6.54 Å². The SMILES string of the molecule is Cc1ccc2c(c1)CCCN2C(=O)N[C@H](C(=O)O)[C@@H](C)O. The van der Waals surface area contributed by atoms with E-state index < -0.39 is 24.1 Å². The summed E-state index contributed by atoms with van der Waals surface area (Å²) in [7, 11) is 0. The van der Waals surface area contributed by atoms with E-state index in [-0.39, 0.29) is 0 Å². The molecule has 0 spiro atoms. The molecule has 1 aromatic rings. The van der Waals surface area contributed by atoms with Gasteiger partial charge in [0.2, 0.25) is 0 Å². The maximum atomic E-state index is 12.3. The number of hydrogen-bond acceptors (Lipinski definition) is 3. The molecule has 2 rings (SSSR count). The van der Waals surface area contributed by atoms with Crippen molar-refractivity contribution in [2.24, 2.45) is 0 Å². The lowest BCUT2D eigenvalue weighted by Gasteiger charge is -2.31. The Balaban J connectivity index is 2.20. The molecule has 1 heterocycles. The van der Waals surface area contributed by atoms with Crippen molar-refractivity contribution in [3.8, 4) is 0 Å². The number of hydrogen-bond donors (Lipinski definition) is 3. The Morgan fingerprint density at radius 2 is 2.10 bits per heavy atom. The van der Waals surface area contributed by atoms with Crippen LogP contribution in [0.15, 0.2) is 18.2 Å². The Kier molecular flexibility index (Phi) is 4.47. The summed E-state index contributed by atoms with van der Waals surface area (Å²) in [5.74, 6) is -1.25. The van der Waals surface area contributed by atoms with Crippen LogP contribution in [0.5, 0.6) is 0 Å². The number of nitrogens with one attached hydrogen (secondary N) is 1. The van der Waals surface area contributed by atoms with Gasteiger partial charge in [0.25, 0.3) is 0 Å². The number of aliphatic carboxylic acids is 1. The highest BCUT2D eigenvalue weighted by Gasteiger charge is 2.29. The van der Waals surface area contributed by atoms with Crippen LogP contribution < -0.4 is 10.2 Å². The molecule has 1 aliphatic rings. The molecular formula is C15H20N2O4. The molecule has 0 aromatic heterocycles. The van der Waals surface area contributed by atoms with E-state index in [2.05, 4.69) is 5.32 Å². The highest BCUT2D eigenvalue weighted by molar-refractivity contribution is 5.95. The summed E-state index contributed by atoms with van der Waals surface area (Å²) in [6, 6.07) is 4.04. The number of carbonyl (C=O) groups is 2. The van der Waals surface area contributed by atoms with E-state index in [1.54, 1.807) is 0 Å². The minimum atomic E-state index is -1.31. The van der Waals surface area contributed by atoms with E-state index in [1.807, 2.05) is 25.1 Å². The summed E-state index contributed by atoms with van der Waals surface area (Å²) < 4.78 is 0. The van der Waals surface area contributed by atoms with Crippen LogP contribution in [0, 0.1) is 6.92 Å². The second kappa shape index (κ2) is 6.13. The van der Waals surface area contributed by atoms with Crippen LogP contribution in [0.2, 0.25) is 0 Å². The highest BCUT2D eigenvalue weighted by atomic mass is 16.4. The minimum Gasteiger partial charge on any atom is -0.480 e. The Morgan fingerprint density at radius 1 is 1.38 bits per heavy atom. The molecule has 0 radical (unpaired) electrons. The van der Waals surface area contributed by atoms with Gasteiger partial charge in [-0.3, -0.25) is 4.90 Å². The van der Waals surface area contributed by atoms with Gasteiger partial charge < -0.3 is 15.5 Å². The maximum Gasteiger partial charge on any atom is 0.328 e. The van der Waals surface area contributed by atoms with E-state index >= 15 is 0 Å². The molecule has 3 N–H and O–H groups in total. The molecule has 1 aliphatic heterocycles. The highest BCUT2D eigenvalue weighted by Crippen LogP contribution is 2.28. The zero-order valence-corrected chi connectivity index (χ0v) is 12.2. The molecule has 21 heavy (non-hydrogen) atoms. The van der Waals surface area contributed by atoms with Gasteiger partial charge in [-0.15, -0.1) is 0 Å². The lowest BCUT2D eigenvalue weighted by atomic mass is 10.00. The Labute approximate surface area is 123 Å². The summed E-state index contributed by atoms with van der Waals surface area (Å²) in [5, 5.41) is 20.9. The Bertz CT molecular complexity index is 557. The number of aliphatic hydroxyl groups is 1. The number of nitrogens with zero attached hydrogens (tertiary/aromatic N) is 1. The van der Waals surface area contributed by atoms with Gasteiger partial charge in [0.05, 0.1) is 6.10 Å². The first-order chi connectivity index (χ1) is 9.90. The zero-order chi connectivity index (χ0) is 15.6. The number of amides is 2. The molecule has 0 unspecified atom stereocenters. The number of aliphatic hydroxyl groups excluding tert-OH is 1. The molecule has 0 bridgehead atoms. The van der Waals surface area contributed by atoms with Crippen LogP contribution in [0.1, 0.15) is 24.5 Å². The van der Waals surface area contributed by atoms with Crippen LogP contribution in [-0.2, 0) is 11.2 Å². The van der Waals surface area contributed by atoms with Crippen LogP contribution in [0.3, 0.4) is 0 Å². The van der Waals surface area contributed by atoms with E-state index in [1.165, 1.54) is 11.8 Å². The molecule has 114 valence electrons. The predicted octanol–water partition coefficient (Wildman–Crippen LogP) is 1.29. The summed E-state index contributed by atoms with van der Waals surface area (Å²) >= 11 is 0. The van der Waals surface area contributed by atoms with Crippen molar-refractivity contribution >= 4 is 17.7 Å². The third kappa shape index (κ3) is 3.33. The average Bonchev–Trinajstić information content (AvgIpc) is 2.42. The number of rotatable bonds is 3. The molecule has 0 fully saturated rings. The van der Waals surface area contributed by atoms with Crippen molar-refractivity contribution in [2.75, 3.05) is 11.4 Å². The molecule has 2 atom stereocenters. The van der Waals surface area contributed by atoms with Crippen molar-refractivity contribution in [1.82, 2.24) is 5.32 Å². The number of urea groups is 1. The summed E-state index contributed by atoms with van der Waals surface area (Å²) in [5.41, 5.74) is 3.02. The number of carboxylic acids is 1. The molecule has 6 nitrogen and oxygen atoms in total. The Hall–Kier alpha value is -2.08. The standard InChI is InChI=1S/C15H20N2O4/c1-9-5-6-12-11(8-9)4-3-7-17(12)15(21)16-13(10(2)18)14(19)20/h5-6,8,10,13,18H,3-4,7H2,1-2H3,(H,16,21)(H,19,20)/t10-,13+/m1/s1. The van der Waals surface area contributed by atoms with Crippen molar-refractivity contribution in [2.45, 2.75) is 38.8 Å². The smallest absolute Gasteiger partial charge is 0.328 e. The van der Waals surface area contributed by atoms with E-state index in [0.717, 1.165) is 29.7 Å². The van der Waals surface area contributed by atoms with Gasteiger partial charge in [0, 0.05) is 12.2 Å². The van der Waals surface area contributed by atoms with Crippen LogP contribution in [-0.4, -0.2) is 40.9 Å². The fraction of sp³-hybridized carbons (Fsp3) is 0.467. The first-order valence-corrected chi connectivity index (χ1v) is 6.98. The number of anilines is 1. The summed E-state index contributed by atoms with van der Waals surface area (Å²) in [4.78, 5) is 24.9. The monoisotopic (exact) mass is 292 g/mol. The maximum absolute atomic E-state index is 12.3. The first kappa shape index (κ1) is 15.3. The third-order valence-electron chi connectivity index (χ3n) is 3.63. The fourth-order valence-electron chi connectivity index (χ4n) is 2.54. The number of carbonyl (C=O) groups excluding carboxylic acids is 1. The van der Waals surface area contributed by atoms with Crippen LogP contribution >= 0.6 is 0 Å². The van der Waals surface area contributed by atoms with Crippen molar-refractivity contribution < 1.29 is 19.8 Å². The van der Waals surface area contributed by atoms with Gasteiger partial charge in [-0.1, -0.05) is 17.7 Å². The predicted molar refractivity (Wildman–Crippen MR) is 78.5 cm³/mol. The molecule has 0 aliphatic carbocycles. The van der Waals surface area contributed by atoms with E-state index in [4.69, 9.17) is 5.11 Å². The van der Waals surface area contributed by atoms with E-state index in [9.17, 15) is 14.7 Å². The second-order valence-electron chi connectivity index (χ2n) is 5.39. The molecule has 1 aromatic carbocycles. The first-order valence-electron chi connectivity index (χ1n) is 6.98. The number of benzene rings is 1. The molecule has 6 heteroatoms. The van der Waals surface area contributed by atoms with Crippen molar-refractivity contribution in [3.05, 3.63) is 29.3 Å². The van der Waals surface area contributed by atoms with Crippen molar-refractivity contribution in [1.29, 1.82) is 0 Å². The molecular weight excluding hydrogens is 272 g/mol. The second-order valence-corrected chi connectivity index (χ2v) is 5.39. The zero-order valence-electron chi connectivity index (χ0n) is 12.2. The molecule has 0 saturated carbocycles. The number of aryl methyl sites for hydroxylation is 2. The van der Waals surface area contributed by atoms with Gasteiger partial charge in [-0.25, -0.2) is 9.59 Å². The summed E-state index contributed by atoms with van der Waals surface area (Å²) in [6.45, 7) is 3.87. The summed E-state index contributed by atoms with van der Waals surface area (Å²) in [6.07, 6.45) is 0.573. The quantitative estimate of drug-likeness (QED) is 0.783. The third-order valence-corrected chi connectivity index (χ3v) is 3.63. The van der Waals surface area contributed by atoms with Crippen LogP contribution in [0.25, 0.3) is 0 Å². The topological polar surface area (TPSA) is 89.9 Å². The fourth-order valence-corrected chi connectivity index (χ4v) is 2.54. The van der Waals surface area contributed by atoms with Gasteiger partial charge in [-0.2, -0.15) is 0 Å². The van der Waals surface area contributed by atoms with Gasteiger partial charge in [-0.05, 0) is 38.3 Å². The molecule has 2 amide bonds. The van der Waals surface area contributed by atoms with Gasteiger partial charge >= 0.3 is 12.0 Å². The average molecular weight is 292 g/mol. The van der Waals surface area contributed by atoms with Crippen molar-refractivity contribution in [3.63, 3.8) is 0 Å². The normalized spacial score (nSPS) is 16.8. The van der Waals surface area contributed by atoms with Gasteiger partial charge in [0.15, 0.2) is 6.04 Å². The Morgan fingerprint density at radius 3 is 2.71 bits per heavy atom. The lowest BCUT2D eigenvalue weighted by Crippen LogP contribution is -2.53. The van der Waals surface area contributed by atoms with Crippen LogP contribution in [0.4, 0.5) is 10.5 Å². The number of carboxylic acid groups (broad SMARTS) is 1. The number of fused-ring (bicyclic) bond motifs is 1. The van der Waals surface area contributed by atoms with Gasteiger partial charge in [0.1, 0.15) is 0 Å². The minimum absolute atomic E-state index is 0.492. The largest absolute Gasteiger partial charge is 0.480 e. The lowest BCUT2D eigenvalue weighted by molar-refractivity contribution is -0.141.